The van der Waals surface area contributed by atoms with Crippen molar-refractivity contribution in [2.75, 3.05) is 0 Å². The number of carbonyl (C=O) groups is 1. The smallest absolute Gasteiger partial charge is 0.305 e. The number of aliphatic carboxylic acids is 1. The molecule has 8 nitrogen and oxygen atoms in total. The van der Waals surface area contributed by atoms with Crippen LogP contribution in [0.4, 0.5) is 0 Å². The van der Waals surface area contributed by atoms with Gasteiger partial charge in [-0.2, -0.15) is 5.10 Å². The molecule has 0 unspecified atom stereocenters. The maximum absolute atomic E-state index is 12.3. The van der Waals surface area contributed by atoms with Crippen molar-refractivity contribution in [3.8, 4) is 0 Å². The normalized spacial score (nSPS) is 13.4. The first kappa shape index (κ1) is 17.6. The van der Waals surface area contributed by atoms with Crippen molar-refractivity contribution in [3.63, 3.8) is 0 Å². The average molecular weight is 319 g/mol. The highest BCUT2D eigenvalue weighted by Gasteiger charge is 2.39. The van der Waals surface area contributed by atoms with Crippen LogP contribution in [0.3, 0.4) is 0 Å². The first-order chi connectivity index (χ1) is 9.35. The first-order valence-corrected chi connectivity index (χ1v) is 7.84. The van der Waals surface area contributed by atoms with Crippen LogP contribution < -0.4 is 4.72 Å². The van der Waals surface area contributed by atoms with E-state index in [4.69, 9.17) is 5.11 Å². The summed E-state index contributed by atoms with van der Waals surface area (Å²) in [7, 11) is -3.86. The number of nitrogens with zero attached hydrogens (tertiary/aromatic N) is 2. The molecule has 0 fully saturated rings. The van der Waals surface area contributed by atoms with Crippen LogP contribution in [0.25, 0.3) is 0 Å². The van der Waals surface area contributed by atoms with Crippen molar-refractivity contribution in [2.24, 2.45) is 0 Å². The zero-order valence-electron chi connectivity index (χ0n) is 12.5. The number of aryl methyl sites for hydroxylation is 1. The summed E-state index contributed by atoms with van der Waals surface area (Å²) >= 11 is 0. The van der Waals surface area contributed by atoms with Gasteiger partial charge in [0.15, 0.2) is 0 Å². The molecule has 1 aromatic rings. The molecular weight excluding hydrogens is 298 g/mol. The molecule has 0 amide bonds. The molecular formula is C12H21N3O5S. The lowest BCUT2D eigenvalue weighted by atomic mass is 9.87. The highest BCUT2D eigenvalue weighted by atomic mass is 32.2. The Labute approximate surface area is 123 Å². The molecule has 0 saturated heterocycles. The Balaban J connectivity index is 2.92. The molecule has 0 bridgehead atoms. The van der Waals surface area contributed by atoms with Crippen LogP contribution in [0.1, 0.15) is 34.1 Å². The summed E-state index contributed by atoms with van der Waals surface area (Å²) in [5.41, 5.74) is -2.35. The van der Waals surface area contributed by atoms with Gasteiger partial charge < -0.3 is 10.2 Å². The van der Waals surface area contributed by atoms with E-state index in [-0.39, 0.29) is 17.9 Å². The van der Waals surface area contributed by atoms with E-state index < -0.39 is 27.1 Å². The van der Waals surface area contributed by atoms with E-state index in [0.29, 0.717) is 0 Å². The van der Waals surface area contributed by atoms with E-state index in [1.54, 1.807) is 13.8 Å². The van der Waals surface area contributed by atoms with E-state index >= 15 is 0 Å². The van der Waals surface area contributed by atoms with Gasteiger partial charge in [-0.05, 0) is 27.7 Å². The molecule has 21 heavy (non-hydrogen) atoms. The number of carboxylic acids is 1. The van der Waals surface area contributed by atoms with Gasteiger partial charge in [0, 0.05) is 6.20 Å². The summed E-state index contributed by atoms with van der Waals surface area (Å²) in [6, 6.07) is 0. The Morgan fingerprint density at radius 2 is 1.95 bits per heavy atom. The van der Waals surface area contributed by atoms with Crippen molar-refractivity contribution >= 4 is 16.0 Å². The summed E-state index contributed by atoms with van der Waals surface area (Å²) in [5.74, 6) is -0.990. The summed E-state index contributed by atoms with van der Waals surface area (Å²) < 4.78 is 28.2. The lowest BCUT2D eigenvalue weighted by Gasteiger charge is -2.37. The van der Waals surface area contributed by atoms with Gasteiger partial charge in [-0.1, -0.05) is 0 Å². The van der Waals surface area contributed by atoms with E-state index in [0.717, 1.165) is 6.20 Å². The molecule has 1 heterocycles. The number of nitrogens with one attached hydrogen (secondary N) is 1. The Bertz CT molecular complexity index is 613. The lowest BCUT2D eigenvalue weighted by molar-refractivity contribution is -0.137. The largest absolute Gasteiger partial charge is 0.481 e. The van der Waals surface area contributed by atoms with Gasteiger partial charge in [0.2, 0.25) is 10.0 Å². The van der Waals surface area contributed by atoms with Crippen molar-refractivity contribution in [3.05, 3.63) is 12.4 Å². The van der Waals surface area contributed by atoms with Crippen LogP contribution in [0, 0.1) is 0 Å². The van der Waals surface area contributed by atoms with E-state index in [9.17, 15) is 18.3 Å². The maximum atomic E-state index is 12.3. The second-order valence-electron chi connectivity index (χ2n) is 5.87. The van der Waals surface area contributed by atoms with Gasteiger partial charge in [-0.25, -0.2) is 13.1 Å². The number of aliphatic hydroxyl groups is 1. The SMILES string of the molecule is CC(C)(O)C(C)(C)NS(=O)(=O)c1cnn(CCC(=O)O)c1. The molecule has 0 aliphatic carbocycles. The fourth-order valence-corrected chi connectivity index (χ4v) is 2.82. The molecule has 0 spiro atoms. The van der Waals surface area contributed by atoms with Gasteiger partial charge in [0.05, 0.1) is 30.3 Å². The average Bonchev–Trinajstić information content (AvgIpc) is 2.72. The Morgan fingerprint density at radius 3 is 2.43 bits per heavy atom. The molecule has 9 heteroatoms. The number of carboxylic acid groups (broad SMARTS) is 1. The minimum Gasteiger partial charge on any atom is -0.481 e. The molecule has 0 radical (unpaired) electrons. The number of aromatic nitrogens is 2. The highest BCUT2D eigenvalue weighted by molar-refractivity contribution is 7.89. The van der Waals surface area contributed by atoms with E-state index in [2.05, 4.69) is 9.82 Å². The number of hydrogen-bond donors (Lipinski definition) is 3. The quantitative estimate of drug-likeness (QED) is 0.659. The molecule has 0 aromatic carbocycles. The second-order valence-corrected chi connectivity index (χ2v) is 7.55. The molecule has 0 atom stereocenters. The maximum Gasteiger partial charge on any atom is 0.305 e. The van der Waals surface area contributed by atoms with Crippen LogP contribution in [-0.4, -0.2) is 45.5 Å². The van der Waals surface area contributed by atoms with Gasteiger partial charge >= 0.3 is 5.97 Å². The van der Waals surface area contributed by atoms with Crippen molar-refractivity contribution in [1.29, 1.82) is 0 Å². The lowest BCUT2D eigenvalue weighted by Crippen LogP contribution is -2.57. The number of rotatable bonds is 7. The Morgan fingerprint density at radius 1 is 1.38 bits per heavy atom. The minimum atomic E-state index is -3.86. The van der Waals surface area contributed by atoms with Gasteiger partial charge in [-0.3, -0.25) is 9.48 Å². The topological polar surface area (TPSA) is 122 Å². The molecule has 120 valence electrons. The zero-order chi connectivity index (χ0) is 16.5. The monoisotopic (exact) mass is 319 g/mol. The van der Waals surface area contributed by atoms with Crippen molar-refractivity contribution in [1.82, 2.24) is 14.5 Å². The zero-order valence-corrected chi connectivity index (χ0v) is 13.3. The van der Waals surface area contributed by atoms with Crippen molar-refractivity contribution < 1.29 is 23.4 Å². The fraction of sp³-hybridized carbons (Fsp3) is 0.667. The summed E-state index contributed by atoms with van der Waals surface area (Å²) in [6.07, 6.45) is 2.25. The molecule has 1 aromatic heterocycles. The van der Waals surface area contributed by atoms with Crippen LogP contribution in [0.15, 0.2) is 17.3 Å². The molecule has 0 aliphatic heterocycles. The third-order valence-electron chi connectivity index (χ3n) is 3.39. The molecule has 0 aliphatic rings. The highest BCUT2D eigenvalue weighted by Crippen LogP contribution is 2.23. The number of sulfonamides is 1. The third kappa shape index (κ3) is 4.51. The van der Waals surface area contributed by atoms with Crippen LogP contribution in [-0.2, 0) is 21.4 Å². The van der Waals surface area contributed by atoms with E-state index in [1.165, 1.54) is 24.7 Å². The summed E-state index contributed by atoms with van der Waals surface area (Å²) in [6.45, 7) is 6.23. The number of hydrogen-bond acceptors (Lipinski definition) is 5. The van der Waals surface area contributed by atoms with Crippen LogP contribution >= 0.6 is 0 Å². The summed E-state index contributed by atoms with van der Waals surface area (Å²) in [5, 5.41) is 22.4. The molecule has 1 rings (SSSR count). The predicted molar refractivity (Wildman–Crippen MR) is 75.2 cm³/mol. The molecule has 3 N–H and O–H groups in total. The fourth-order valence-electron chi connectivity index (χ4n) is 1.34. The molecule has 0 saturated carbocycles. The summed E-state index contributed by atoms with van der Waals surface area (Å²) in [4.78, 5) is 10.4. The Kier molecular flexibility index (Phi) is 4.81. The van der Waals surface area contributed by atoms with Crippen LogP contribution in [0.2, 0.25) is 0 Å². The van der Waals surface area contributed by atoms with Crippen LogP contribution in [0.5, 0.6) is 0 Å². The van der Waals surface area contributed by atoms with Gasteiger partial charge in [0.25, 0.3) is 0 Å². The van der Waals surface area contributed by atoms with Crippen molar-refractivity contribution in [2.45, 2.75) is 56.7 Å². The minimum absolute atomic E-state index is 0.0785. The Hall–Kier alpha value is -1.45. The van der Waals surface area contributed by atoms with E-state index in [1.807, 2.05) is 0 Å². The predicted octanol–water partition coefficient (Wildman–Crippen LogP) is 0.186. The third-order valence-corrected chi connectivity index (χ3v) is 5.00. The first-order valence-electron chi connectivity index (χ1n) is 6.36. The second kappa shape index (κ2) is 5.74. The standard InChI is InChI=1S/C12H21N3O5S/c1-11(2,12(3,4)18)14-21(19,20)9-7-13-15(8-9)6-5-10(16)17/h7-8,14,18H,5-6H2,1-4H3,(H,16,17). The van der Waals surface area contributed by atoms with Gasteiger partial charge in [-0.15, -0.1) is 0 Å². The van der Waals surface area contributed by atoms with Gasteiger partial charge in [0.1, 0.15) is 4.90 Å².